The molecule has 0 spiro atoms. The molecule has 2 aliphatic rings. The molecular formula is C8H15NO2P2. The van der Waals surface area contributed by atoms with Crippen molar-refractivity contribution in [3.8, 4) is 0 Å². The van der Waals surface area contributed by atoms with Crippen molar-refractivity contribution in [1.82, 2.24) is 0 Å². The van der Waals surface area contributed by atoms with Gasteiger partial charge < -0.3 is 9.47 Å². The summed E-state index contributed by atoms with van der Waals surface area (Å²) in [6, 6.07) is 0. The molecule has 1 N–H and O–H groups in total. The molecule has 2 heterocycles. The quantitative estimate of drug-likeness (QED) is 0.739. The third kappa shape index (κ3) is 2.27. The van der Waals surface area contributed by atoms with Crippen molar-refractivity contribution in [2.24, 2.45) is 0 Å². The van der Waals surface area contributed by atoms with Crippen molar-refractivity contribution in [3.05, 3.63) is 0 Å². The van der Waals surface area contributed by atoms with Crippen LogP contribution in [-0.2, 0) is 9.47 Å². The Bertz CT molecular complexity index is 163. The first-order valence-electron chi connectivity index (χ1n) is 4.81. The van der Waals surface area contributed by atoms with Gasteiger partial charge in [0.25, 0.3) is 0 Å². The Labute approximate surface area is 81.5 Å². The van der Waals surface area contributed by atoms with E-state index in [1.54, 1.807) is 0 Å². The summed E-state index contributed by atoms with van der Waals surface area (Å²) in [5, 5.41) is 7.53. The first-order valence-corrected chi connectivity index (χ1v) is 7.89. The molecule has 0 amide bonds. The van der Waals surface area contributed by atoms with Crippen molar-refractivity contribution >= 4 is 15.7 Å². The molecule has 3 nitrogen and oxygen atoms in total. The van der Waals surface area contributed by atoms with Gasteiger partial charge in [0.1, 0.15) is 0 Å². The summed E-state index contributed by atoms with van der Waals surface area (Å²) >= 11 is 0. The van der Waals surface area contributed by atoms with Crippen LogP contribution in [-0.4, -0.2) is 24.9 Å². The van der Waals surface area contributed by atoms with Crippen molar-refractivity contribution < 1.29 is 9.47 Å². The second-order valence-electron chi connectivity index (χ2n) is 3.42. The molecule has 2 unspecified atom stereocenters. The lowest BCUT2D eigenvalue weighted by Crippen LogP contribution is -2.10. The molecule has 0 bridgehead atoms. The average Bonchev–Trinajstić information content (AvgIpc) is 2.76. The van der Waals surface area contributed by atoms with Gasteiger partial charge in [-0.2, -0.15) is 0 Å². The zero-order valence-electron chi connectivity index (χ0n) is 7.61. The topological polar surface area (TPSA) is 42.3 Å². The van der Waals surface area contributed by atoms with Crippen molar-refractivity contribution in [2.45, 2.75) is 37.4 Å². The Morgan fingerprint density at radius 3 is 1.92 bits per heavy atom. The van der Waals surface area contributed by atoms with Crippen molar-refractivity contribution in [3.63, 3.8) is 0 Å². The first-order chi connectivity index (χ1) is 6.42. The van der Waals surface area contributed by atoms with Crippen LogP contribution in [0, 0.1) is 5.16 Å². The normalized spacial score (nSPS) is 36.9. The molecule has 0 aromatic heterocycles. The predicted molar refractivity (Wildman–Crippen MR) is 54.5 cm³/mol. The maximum Gasteiger partial charge on any atom is 0.0884 e. The molecule has 2 aliphatic heterocycles. The van der Waals surface area contributed by atoms with E-state index in [1.807, 2.05) is 0 Å². The predicted octanol–water partition coefficient (Wildman–Crippen LogP) is 3.36. The van der Waals surface area contributed by atoms with E-state index in [0.29, 0.717) is 11.7 Å². The molecule has 0 aliphatic carbocycles. The number of rotatable bonds is 3. The van der Waals surface area contributed by atoms with E-state index >= 15 is 0 Å². The fraction of sp³-hybridized carbons (Fsp3) is 1.00. The summed E-state index contributed by atoms with van der Waals surface area (Å²) in [6.07, 6.45) is 4.65. The van der Waals surface area contributed by atoms with E-state index < -0.39 is 0 Å². The monoisotopic (exact) mass is 219 g/mol. The van der Waals surface area contributed by atoms with Gasteiger partial charge in [0.2, 0.25) is 0 Å². The van der Waals surface area contributed by atoms with Gasteiger partial charge in [0.15, 0.2) is 0 Å². The molecule has 0 aromatic rings. The van der Waals surface area contributed by atoms with E-state index in [0.717, 1.165) is 34.1 Å². The van der Waals surface area contributed by atoms with Gasteiger partial charge in [-0.1, -0.05) is 0 Å². The molecule has 2 saturated heterocycles. The van der Waals surface area contributed by atoms with E-state index in [2.05, 4.69) is 0 Å². The summed E-state index contributed by atoms with van der Waals surface area (Å²) in [4.78, 5) is 0. The standard InChI is InChI=1S/C8H15NO2P2/c9-12-13(7-3-1-5-10-7)8-4-2-6-11-8/h7-9H,1-6H2. The van der Waals surface area contributed by atoms with E-state index in [9.17, 15) is 0 Å². The highest BCUT2D eigenvalue weighted by Crippen LogP contribution is 2.62. The largest absolute Gasteiger partial charge is 0.373 e. The molecule has 0 saturated carbocycles. The smallest absolute Gasteiger partial charge is 0.0884 e. The summed E-state index contributed by atoms with van der Waals surface area (Å²) in [5.74, 6) is 0.717. The van der Waals surface area contributed by atoms with Gasteiger partial charge in [-0.05, 0) is 25.7 Å². The van der Waals surface area contributed by atoms with Crippen LogP contribution in [0.3, 0.4) is 0 Å². The van der Waals surface area contributed by atoms with E-state index in [1.165, 1.54) is 12.8 Å². The molecule has 0 radical (unpaired) electrons. The number of ether oxygens (including phenoxy) is 2. The number of hydrogen-bond donors (Lipinski definition) is 1. The lowest BCUT2D eigenvalue weighted by molar-refractivity contribution is 0.147. The molecule has 0 aromatic carbocycles. The SMILES string of the molecule is N=PP(C1CCCO1)C1CCCO1. The maximum absolute atomic E-state index is 7.53. The Morgan fingerprint density at radius 2 is 1.62 bits per heavy atom. The summed E-state index contributed by atoms with van der Waals surface area (Å²) in [7, 11) is 0.389. The Balaban J connectivity index is 1.94. The number of hydrogen-bond acceptors (Lipinski definition) is 3. The molecule has 2 rings (SSSR count). The van der Waals surface area contributed by atoms with Crippen LogP contribution in [0.4, 0.5) is 0 Å². The minimum absolute atomic E-state index is 0.359. The maximum atomic E-state index is 7.53. The second kappa shape index (κ2) is 4.79. The van der Waals surface area contributed by atoms with Gasteiger partial charge in [0, 0.05) is 28.9 Å². The lowest BCUT2D eigenvalue weighted by Gasteiger charge is -2.23. The highest BCUT2D eigenvalue weighted by Gasteiger charge is 2.33. The van der Waals surface area contributed by atoms with Crippen LogP contribution < -0.4 is 0 Å². The fourth-order valence-corrected chi connectivity index (χ4v) is 5.76. The first kappa shape index (κ1) is 9.98. The van der Waals surface area contributed by atoms with E-state index in [-0.39, 0.29) is 7.61 Å². The van der Waals surface area contributed by atoms with Crippen LogP contribution in [0.25, 0.3) is 0 Å². The van der Waals surface area contributed by atoms with Crippen LogP contribution in [0.1, 0.15) is 25.7 Å². The molecule has 2 fully saturated rings. The Hall–Kier alpha value is 0.450. The van der Waals surface area contributed by atoms with Crippen molar-refractivity contribution in [2.75, 3.05) is 13.2 Å². The molecule has 2 atom stereocenters. The van der Waals surface area contributed by atoms with Crippen molar-refractivity contribution in [1.29, 1.82) is 5.16 Å². The third-order valence-corrected chi connectivity index (χ3v) is 6.98. The third-order valence-electron chi connectivity index (χ3n) is 2.52. The summed E-state index contributed by atoms with van der Waals surface area (Å²) < 4.78 is 11.3. The van der Waals surface area contributed by atoms with Gasteiger partial charge in [-0.3, -0.25) is 5.16 Å². The molecule has 74 valence electrons. The lowest BCUT2D eigenvalue weighted by atomic mass is 10.4. The fourth-order valence-electron chi connectivity index (χ4n) is 1.85. The highest BCUT2D eigenvalue weighted by atomic mass is 32.0. The van der Waals surface area contributed by atoms with Gasteiger partial charge >= 0.3 is 0 Å². The van der Waals surface area contributed by atoms with Crippen LogP contribution in [0.2, 0.25) is 0 Å². The molecular weight excluding hydrogens is 204 g/mol. The number of nitrogens with one attached hydrogen (secondary N) is 1. The van der Waals surface area contributed by atoms with Gasteiger partial charge in [0.05, 0.1) is 11.7 Å². The second-order valence-corrected chi connectivity index (χ2v) is 7.51. The van der Waals surface area contributed by atoms with E-state index in [4.69, 9.17) is 14.6 Å². The Kier molecular flexibility index (Phi) is 3.68. The molecule has 5 heteroatoms. The minimum atomic E-state index is -0.366. The molecule has 13 heavy (non-hydrogen) atoms. The van der Waals surface area contributed by atoms with Crippen LogP contribution in [0.15, 0.2) is 0 Å². The average molecular weight is 219 g/mol. The summed E-state index contributed by atoms with van der Waals surface area (Å²) in [6.45, 7) is 1.79. The van der Waals surface area contributed by atoms with Crippen LogP contribution in [0.5, 0.6) is 0 Å². The Morgan fingerprint density at radius 1 is 1.08 bits per heavy atom. The van der Waals surface area contributed by atoms with Gasteiger partial charge in [-0.15, -0.1) is 0 Å². The minimum Gasteiger partial charge on any atom is -0.373 e. The highest BCUT2D eigenvalue weighted by molar-refractivity contribution is 8.17. The zero-order chi connectivity index (χ0) is 9.10. The van der Waals surface area contributed by atoms with Crippen LogP contribution >= 0.6 is 15.7 Å². The van der Waals surface area contributed by atoms with Gasteiger partial charge in [-0.25, -0.2) is 0 Å². The zero-order valence-corrected chi connectivity index (χ0v) is 9.40. The summed E-state index contributed by atoms with van der Waals surface area (Å²) in [5.41, 5.74) is 0.